The highest BCUT2D eigenvalue weighted by Gasteiger charge is 2.33. The first-order valence-electron chi connectivity index (χ1n) is 6.63. The standard InChI is InChI=1S/C15H12N4O3S/c1-23-8-4-2-7(3-5-8)10-9(6-16)12(17)22-14-11(10)13(20)18-15(21)19-14/h2-5,10H,17H2,1H3,(H2,18,19,20,21)/t10-/m1/s1. The van der Waals surface area contributed by atoms with Gasteiger partial charge in [-0.15, -0.1) is 11.8 Å². The van der Waals surface area contributed by atoms with Crippen LogP contribution in [0, 0.1) is 11.3 Å². The van der Waals surface area contributed by atoms with Crippen molar-refractivity contribution >= 4 is 11.8 Å². The lowest BCUT2D eigenvalue weighted by Gasteiger charge is -2.24. The van der Waals surface area contributed by atoms with Crippen molar-refractivity contribution < 1.29 is 4.74 Å². The number of fused-ring (bicyclic) bond motifs is 1. The lowest BCUT2D eigenvalue weighted by Crippen LogP contribution is -2.33. The van der Waals surface area contributed by atoms with E-state index in [0.717, 1.165) is 4.90 Å². The van der Waals surface area contributed by atoms with E-state index < -0.39 is 17.2 Å². The Kier molecular flexibility index (Phi) is 3.72. The van der Waals surface area contributed by atoms with Crippen molar-refractivity contribution in [3.05, 3.63) is 67.7 Å². The van der Waals surface area contributed by atoms with Crippen LogP contribution in [0.15, 0.2) is 50.2 Å². The normalized spacial score (nSPS) is 16.4. The molecule has 0 radical (unpaired) electrons. The number of hydrogen-bond donors (Lipinski definition) is 3. The molecule has 1 aliphatic rings. The average molecular weight is 328 g/mol. The molecule has 0 spiro atoms. The van der Waals surface area contributed by atoms with E-state index in [1.807, 2.05) is 36.6 Å². The first-order chi connectivity index (χ1) is 11.0. The number of thioether (sulfide) groups is 1. The zero-order valence-corrected chi connectivity index (χ0v) is 12.9. The van der Waals surface area contributed by atoms with Gasteiger partial charge in [0.25, 0.3) is 5.56 Å². The van der Waals surface area contributed by atoms with Gasteiger partial charge in [0.1, 0.15) is 11.6 Å². The van der Waals surface area contributed by atoms with Gasteiger partial charge in [-0.3, -0.25) is 14.8 Å². The molecule has 1 aromatic heterocycles. The number of aromatic amines is 2. The number of ether oxygens (including phenoxy) is 1. The van der Waals surface area contributed by atoms with E-state index in [4.69, 9.17) is 10.5 Å². The fraction of sp³-hybridized carbons (Fsp3) is 0.133. The van der Waals surface area contributed by atoms with E-state index in [2.05, 4.69) is 9.97 Å². The van der Waals surface area contributed by atoms with Crippen LogP contribution in [-0.4, -0.2) is 16.2 Å². The van der Waals surface area contributed by atoms with Crippen molar-refractivity contribution in [2.75, 3.05) is 6.26 Å². The summed E-state index contributed by atoms with van der Waals surface area (Å²) in [7, 11) is 0. The van der Waals surface area contributed by atoms with Crippen molar-refractivity contribution in [3.63, 3.8) is 0 Å². The van der Waals surface area contributed by atoms with Gasteiger partial charge in [-0.2, -0.15) is 5.26 Å². The first-order valence-corrected chi connectivity index (χ1v) is 7.85. The molecule has 0 saturated heterocycles. The SMILES string of the molecule is CSc1ccc([C@@H]2C(C#N)=C(N)Oc3[nH]c(=O)[nH]c(=O)c32)cc1. The quantitative estimate of drug-likeness (QED) is 0.706. The Balaban J connectivity index is 2.26. The van der Waals surface area contributed by atoms with Crippen LogP contribution in [0.3, 0.4) is 0 Å². The second kappa shape index (κ2) is 5.70. The van der Waals surface area contributed by atoms with Crippen LogP contribution in [0.1, 0.15) is 17.0 Å². The molecule has 1 aliphatic heterocycles. The Morgan fingerprint density at radius 3 is 2.57 bits per heavy atom. The van der Waals surface area contributed by atoms with Crippen molar-refractivity contribution in [1.82, 2.24) is 9.97 Å². The smallest absolute Gasteiger partial charge is 0.328 e. The fourth-order valence-corrected chi connectivity index (χ4v) is 2.93. The van der Waals surface area contributed by atoms with E-state index in [-0.39, 0.29) is 22.9 Å². The Morgan fingerprint density at radius 2 is 1.96 bits per heavy atom. The second-order valence-electron chi connectivity index (χ2n) is 4.85. The third-order valence-electron chi connectivity index (χ3n) is 3.57. The molecule has 2 heterocycles. The van der Waals surface area contributed by atoms with Gasteiger partial charge in [-0.25, -0.2) is 4.79 Å². The topological polar surface area (TPSA) is 125 Å². The summed E-state index contributed by atoms with van der Waals surface area (Å²) in [4.78, 5) is 29.3. The van der Waals surface area contributed by atoms with Crippen LogP contribution >= 0.6 is 11.8 Å². The van der Waals surface area contributed by atoms with Gasteiger partial charge in [0.2, 0.25) is 11.8 Å². The summed E-state index contributed by atoms with van der Waals surface area (Å²) in [5.41, 5.74) is 5.48. The van der Waals surface area contributed by atoms with E-state index in [9.17, 15) is 14.9 Å². The highest BCUT2D eigenvalue weighted by molar-refractivity contribution is 7.98. The molecule has 4 N–H and O–H groups in total. The van der Waals surface area contributed by atoms with Crippen LogP contribution in [0.2, 0.25) is 0 Å². The minimum absolute atomic E-state index is 0.0332. The van der Waals surface area contributed by atoms with Gasteiger partial charge >= 0.3 is 5.69 Å². The lowest BCUT2D eigenvalue weighted by atomic mass is 9.85. The van der Waals surface area contributed by atoms with Crippen LogP contribution in [0.25, 0.3) is 0 Å². The van der Waals surface area contributed by atoms with Gasteiger partial charge in [-0.1, -0.05) is 12.1 Å². The summed E-state index contributed by atoms with van der Waals surface area (Å²) in [5.74, 6) is -0.852. The predicted octanol–water partition coefficient (Wildman–Crippen LogP) is 1.00. The zero-order chi connectivity index (χ0) is 16.6. The molecule has 1 aromatic carbocycles. The van der Waals surface area contributed by atoms with Crippen LogP contribution in [0.4, 0.5) is 0 Å². The number of nitrogens with two attached hydrogens (primary N) is 1. The molecule has 23 heavy (non-hydrogen) atoms. The summed E-state index contributed by atoms with van der Waals surface area (Å²) in [6.07, 6.45) is 1.95. The van der Waals surface area contributed by atoms with Crippen LogP contribution < -0.4 is 21.7 Å². The number of rotatable bonds is 2. The molecule has 0 amide bonds. The summed E-state index contributed by atoms with van der Waals surface area (Å²) in [5, 5.41) is 9.41. The van der Waals surface area contributed by atoms with E-state index >= 15 is 0 Å². The fourth-order valence-electron chi connectivity index (χ4n) is 2.52. The van der Waals surface area contributed by atoms with Crippen molar-refractivity contribution in [3.8, 4) is 11.9 Å². The first kappa shape index (κ1) is 15.0. The number of nitrogens with zero attached hydrogens (tertiary/aromatic N) is 1. The summed E-state index contributed by atoms with van der Waals surface area (Å²) < 4.78 is 5.25. The monoisotopic (exact) mass is 328 g/mol. The molecule has 0 aliphatic carbocycles. The van der Waals surface area contributed by atoms with Gasteiger partial charge in [0.15, 0.2) is 0 Å². The Labute approximate surface area is 134 Å². The molecule has 0 bridgehead atoms. The maximum absolute atomic E-state index is 12.2. The maximum atomic E-state index is 12.2. The molecule has 3 rings (SSSR count). The highest BCUT2D eigenvalue weighted by atomic mass is 32.2. The van der Waals surface area contributed by atoms with Gasteiger partial charge in [-0.05, 0) is 24.0 Å². The van der Waals surface area contributed by atoms with Crippen LogP contribution in [0.5, 0.6) is 5.88 Å². The summed E-state index contributed by atoms with van der Waals surface area (Å²) >= 11 is 1.58. The molecular weight excluding hydrogens is 316 g/mol. The van der Waals surface area contributed by atoms with Gasteiger partial charge in [0, 0.05) is 4.90 Å². The molecule has 0 fully saturated rings. The van der Waals surface area contributed by atoms with Crippen molar-refractivity contribution in [2.45, 2.75) is 10.8 Å². The van der Waals surface area contributed by atoms with E-state index in [1.165, 1.54) is 0 Å². The maximum Gasteiger partial charge on any atom is 0.328 e. The predicted molar refractivity (Wildman–Crippen MR) is 85.2 cm³/mol. The number of aromatic nitrogens is 2. The number of benzene rings is 1. The minimum Gasteiger partial charge on any atom is -0.424 e. The van der Waals surface area contributed by atoms with Gasteiger partial charge in [0.05, 0.1) is 11.5 Å². The molecule has 116 valence electrons. The van der Waals surface area contributed by atoms with Crippen molar-refractivity contribution in [2.24, 2.45) is 5.73 Å². The molecule has 8 heteroatoms. The minimum atomic E-state index is -0.696. The third-order valence-corrected chi connectivity index (χ3v) is 4.31. The molecule has 1 atom stereocenters. The number of nitrogens with one attached hydrogen (secondary N) is 2. The molecule has 2 aromatic rings. The van der Waals surface area contributed by atoms with Crippen LogP contribution in [-0.2, 0) is 0 Å². The summed E-state index contributed by atoms with van der Waals surface area (Å²) in [6, 6.07) is 9.41. The molecule has 7 nitrogen and oxygen atoms in total. The Morgan fingerprint density at radius 1 is 1.26 bits per heavy atom. The second-order valence-corrected chi connectivity index (χ2v) is 5.73. The molecule has 0 unspecified atom stereocenters. The summed E-state index contributed by atoms with van der Waals surface area (Å²) in [6.45, 7) is 0. The van der Waals surface area contributed by atoms with Crippen molar-refractivity contribution in [1.29, 1.82) is 5.26 Å². The zero-order valence-electron chi connectivity index (χ0n) is 12.0. The molecular formula is C15H12N4O3S. The number of nitriles is 1. The number of allylic oxidation sites excluding steroid dienone is 1. The average Bonchev–Trinajstić information content (AvgIpc) is 2.53. The van der Waals surface area contributed by atoms with E-state index in [0.29, 0.717) is 5.56 Å². The Hall–Kier alpha value is -2.92. The van der Waals surface area contributed by atoms with Gasteiger partial charge < -0.3 is 10.5 Å². The number of H-pyrrole nitrogens is 2. The largest absolute Gasteiger partial charge is 0.424 e. The lowest BCUT2D eigenvalue weighted by molar-refractivity contribution is 0.373. The molecule has 0 saturated carbocycles. The highest BCUT2D eigenvalue weighted by Crippen LogP contribution is 2.38. The Bertz CT molecular complexity index is 950. The number of hydrogen-bond acceptors (Lipinski definition) is 6. The van der Waals surface area contributed by atoms with E-state index in [1.54, 1.807) is 11.8 Å². The third kappa shape index (κ3) is 2.51.